The van der Waals surface area contributed by atoms with E-state index in [1.807, 2.05) is 60.8 Å². The maximum atomic E-state index is 12.8. The molecule has 0 bridgehead atoms. The molecule has 0 saturated heterocycles. The molecular formula is C65H66N3OPt-. The van der Waals surface area contributed by atoms with Crippen molar-refractivity contribution in [1.29, 1.82) is 0 Å². The number of imidazole rings is 1. The Hall–Kier alpha value is -6.35. The molecule has 0 fully saturated rings. The normalized spacial score (nSPS) is 13.1. The second-order valence-electron chi connectivity index (χ2n) is 22.7. The van der Waals surface area contributed by atoms with Crippen LogP contribution in [-0.4, -0.2) is 19.6 Å². The summed E-state index contributed by atoms with van der Waals surface area (Å²) in [6, 6.07) is 55.8. The number of hydrogen-bond donors (Lipinski definition) is 1. The molecule has 358 valence electrons. The number of aromatic nitrogens is 3. The minimum absolute atomic E-state index is 0. The predicted molar refractivity (Wildman–Crippen MR) is 292 cm³/mol. The quantitative estimate of drug-likeness (QED) is 0.162. The van der Waals surface area contributed by atoms with Crippen molar-refractivity contribution in [1.82, 2.24) is 14.5 Å². The van der Waals surface area contributed by atoms with E-state index < -0.39 is 17.7 Å². The summed E-state index contributed by atoms with van der Waals surface area (Å²) in [4.78, 5) is 10.6. The number of para-hydroxylation sites is 1. The Kier molecular flexibility index (Phi) is 12.3. The molecule has 5 heteroatoms. The summed E-state index contributed by atoms with van der Waals surface area (Å²) in [6.45, 7) is 23.3. The molecule has 1 N–H and O–H groups in total. The Morgan fingerprint density at radius 2 is 1.11 bits per heavy atom. The van der Waals surface area contributed by atoms with E-state index in [2.05, 4.69) is 191 Å². The molecule has 7 aromatic carbocycles. The van der Waals surface area contributed by atoms with Crippen molar-refractivity contribution in [3.8, 4) is 78.6 Å². The van der Waals surface area contributed by atoms with Crippen LogP contribution in [0.4, 0.5) is 0 Å². The van der Waals surface area contributed by atoms with Gasteiger partial charge in [-0.2, -0.15) is 0 Å². The summed E-state index contributed by atoms with van der Waals surface area (Å²) in [6.07, 6.45) is 1.85. The zero-order chi connectivity index (χ0) is 51.7. The van der Waals surface area contributed by atoms with E-state index in [4.69, 9.17) is 14.1 Å². The number of aryl methyl sites for hydroxylation is 1. The predicted octanol–water partition coefficient (Wildman–Crippen LogP) is 17.4. The van der Waals surface area contributed by atoms with Crippen molar-refractivity contribution in [2.75, 3.05) is 0 Å². The van der Waals surface area contributed by atoms with E-state index in [-0.39, 0.29) is 43.2 Å². The molecule has 4 nitrogen and oxygen atoms in total. The van der Waals surface area contributed by atoms with Crippen LogP contribution in [0.25, 0.3) is 83.9 Å². The number of nitrogens with zero attached hydrogens (tertiary/aromatic N) is 3. The number of aromatic hydroxyl groups is 1. The van der Waals surface area contributed by atoms with Crippen LogP contribution in [-0.2, 0) is 42.7 Å². The third-order valence-corrected chi connectivity index (χ3v) is 13.4. The van der Waals surface area contributed by atoms with Crippen molar-refractivity contribution >= 4 is 11.0 Å². The maximum Gasteiger partial charge on any atom is 0.148 e. The van der Waals surface area contributed by atoms with Gasteiger partial charge in [-0.25, -0.2) is 4.98 Å². The zero-order valence-corrected chi connectivity index (χ0v) is 44.9. The molecule has 0 saturated carbocycles. The van der Waals surface area contributed by atoms with Crippen LogP contribution in [0.15, 0.2) is 158 Å². The SMILES string of the molecule is [2H]C([2H])([2H])c1cc(-n2c(-c3cc(C(C)(C)C)cc(C(C)(C)C)c3O)nc3c(-c4[c-]c(-c5cc(-c6ccccc6)ccn5)cc(-c5ccccc5)c4)cccc32)c(-c2ccc(C(C)(C)C)cc2)cc1C(C)(C)C.[Pt]. The molecule has 9 rings (SSSR count). The van der Waals surface area contributed by atoms with Crippen LogP contribution in [0.3, 0.4) is 0 Å². The summed E-state index contributed by atoms with van der Waals surface area (Å²) in [5.41, 5.74) is 14.6. The summed E-state index contributed by atoms with van der Waals surface area (Å²) in [5.74, 6) is 0.632. The first kappa shape index (κ1) is 46.1. The Morgan fingerprint density at radius 3 is 1.71 bits per heavy atom. The Balaban J connectivity index is 0.00000711. The van der Waals surface area contributed by atoms with Gasteiger partial charge in [-0.1, -0.05) is 209 Å². The smallest absolute Gasteiger partial charge is 0.148 e. The first-order valence-corrected chi connectivity index (χ1v) is 24.1. The monoisotopic (exact) mass is 1100 g/mol. The molecule has 2 aromatic heterocycles. The van der Waals surface area contributed by atoms with Gasteiger partial charge in [0.15, 0.2) is 0 Å². The Morgan fingerprint density at radius 1 is 0.500 bits per heavy atom. The molecule has 0 aliphatic heterocycles. The summed E-state index contributed by atoms with van der Waals surface area (Å²) < 4.78 is 29.2. The largest absolute Gasteiger partial charge is 0.507 e. The van der Waals surface area contributed by atoms with Gasteiger partial charge in [0.25, 0.3) is 0 Å². The molecule has 70 heavy (non-hydrogen) atoms. The third-order valence-electron chi connectivity index (χ3n) is 13.4. The third kappa shape index (κ3) is 9.86. The molecule has 2 heterocycles. The number of phenolic OH excluding ortho intramolecular Hbond substituents is 1. The van der Waals surface area contributed by atoms with Crippen molar-refractivity contribution in [2.45, 2.75) is 112 Å². The van der Waals surface area contributed by atoms with Crippen LogP contribution < -0.4 is 0 Å². The fourth-order valence-corrected chi connectivity index (χ4v) is 9.36. The molecule has 0 aliphatic rings. The molecule has 9 aromatic rings. The van der Waals surface area contributed by atoms with E-state index in [0.29, 0.717) is 22.6 Å². The average Bonchev–Trinajstić information content (AvgIpc) is 3.72. The van der Waals surface area contributed by atoms with Gasteiger partial charge in [0, 0.05) is 48.2 Å². The van der Waals surface area contributed by atoms with Gasteiger partial charge < -0.3 is 5.11 Å². The number of benzene rings is 7. The van der Waals surface area contributed by atoms with Gasteiger partial charge in [-0.3, -0.25) is 9.55 Å². The van der Waals surface area contributed by atoms with E-state index in [9.17, 15) is 5.11 Å². The molecular weight excluding hydrogens is 1030 g/mol. The van der Waals surface area contributed by atoms with Gasteiger partial charge in [-0.05, 0) is 103 Å². The number of hydrogen-bond acceptors (Lipinski definition) is 3. The van der Waals surface area contributed by atoms with E-state index in [0.717, 1.165) is 78.0 Å². The molecule has 0 atom stereocenters. The maximum absolute atomic E-state index is 12.8. The number of fused-ring (bicyclic) bond motifs is 1. The van der Waals surface area contributed by atoms with Gasteiger partial charge >= 0.3 is 0 Å². The molecule has 0 spiro atoms. The van der Waals surface area contributed by atoms with Gasteiger partial charge in [0.05, 0.1) is 22.3 Å². The van der Waals surface area contributed by atoms with Gasteiger partial charge in [-0.15, -0.1) is 23.8 Å². The number of rotatable bonds is 7. The minimum Gasteiger partial charge on any atom is -0.507 e. The first-order valence-electron chi connectivity index (χ1n) is 25.6. The van der Waals surface area contributed by atoms with Crippen molar-refractivity contribution < 1.29 is 30.3 Å². The zero-order valence-electron chi connectivity index (χ0n) is 45.6. The fourth-order valence-electron chi connectivity index (χ4n) is 9.36. The molecule has 0 unspecified atom stereocenters. The second-order valence-corrected chi connectivity index (χ2v) is 22.7. The van der Waals surface area contributed by atoms with Crippen molar-refractivity contribution in [2.24, 2.45) is 0 Å². The van der Waals surface area contributed by atoms with Gasteiger partial charge in [0.1, 0.15) is 11.6 Å². The second kappa shape index (κ2) is 18.8. The standard InChI is InChI=1S/C65H66N3O.Pt/c1-41-33-58(52(40-54(41)64(8,9)10)44-27-29-49(30-28-44)62(2,3)4)68-57-26-20-25-51(59(57)67-61(68)53-38-50(63(5,6)7)39-55(60(53)69)65(11,12)13)47-34-46(43-23-18-15-19-24-43)35-48(36-47)56-37-45(31-32-66-56)42-21-16-14-17-22-42;/h14-35,37-40,69H,1-13H3;/q-1;/i1D3;. The van der Waals surface area contributed by atoms with Crippen LogP contribution in [0.1, 0.15) is 115 Å². The minimum atomic E-state index is -2.45. The fraction of sp³-hybridized carbons (Fsp3) is 0.262. The van der Waals surface area contributed by atoms with E-state index in [1.54, 1.807) is 0 Å². The molecule has 0 radical (unpaired) electrons. The van der Waals surface area contributed by atoms with E-state index in [1.165, 1.54) is 5.56 Å². The molecule has 0 amide bonds. The summed E-state index contributed by atoms with van der Waals surface area (Å²) in [5, 5.41) is 12.8. The van der Waals surface area contributed by atoms with Gasteiger partial charge in [0.2, 0.25) is 0 Å². The topological polar surface area (TPSA) is 50.9 Å². The first-order chi connectivity index (χ1) is 33.8. The number of phenols is 1. The molecule has 0 aliphatic carbocycles. The van der Waals surface area contributed by atoms with Crippen molar-refractivity contribution in [3.05, 3.63) is 192 Å². The average molecular weight is 1100 g/mol. The van der Waals surface area contributed by atoms with Crippen LogP contribution in [0, 0.1) is 12.9 Å². The summed E-state index contributed by atoms with van der Waals surface area (Å²) in [7, 11) is 0. The van der Waals surface area contributed by atoms with E-state index >= 15 is 0 Å². The van der Waals surface area contributed by atoms with Crippen LogP contribution in [0.2, 0.25) is 0 Å². The Labute approximate surface area is 435 Å². The Bertz CT molecular complexity index is 3470. The number of pyridine rings is 1. The van der Waals surface area contributed by atoms with Crippen molar-refractivity contribution in [3.63, 3.8) is 0 Å². The van der Waals surface area contributed by atoms with Crippen LogP contribution >= 0.6 is 0 Å². The summed E-state index contributed by atoms with van der Waals surface area (Å²) >= 11 is 0. The van der Waals surface area contributed by atoms with Crippen LogP contribution in [0.5, 0.6) is 5.75 Å².